The molecule has 1 aliphatic rings. The highest BCUT2D eigenvalue weighted by Crippen LogP contribution is 2.19. The van der Waals surface area contributed by atoms with Crippen LogP contribution in [0.2, 0.25) is 0 Å². The van der Waals surface area contributed by atoms with Gasteiger partial charge < -0.3 is 10.6 Å². The number of benzene rings is 1. The Morgan fingerprint density at radius 3 is 2.83 bits per heavy atom. The predicted octanol–water partition coefficient (Wildman–Crippen LogP) is 2.78. The van der Waals surface area contributed by atoms with E-state index in [1.165, 1.54) is 6.42 Å². The van der Waals surface area contributed by atoms with Gasteiger partial charge in [-0.3, -0.25) is 4.79 Å². The molecule has 5 heteroatoms. The number of carbonyl (C=O) groups excluding carboxylic acids is 1. The molecule has 0 aliphatic carbocycles. The monoisotopic (exact) mass is 310 g/mol. The Morgan fingerprint density at radius 2 is 2.13 bits per heavy atom. The second-order valence-electron chi connectivity index (χ2n) is 6.04. The second kappa shape index (κ2) is 7.33. The van der Waals surface area contributed by atoms with Gasteiger partial charge in [-0.15, -0.1) is 0 Å². The normalized spacial score (nSPS) is 17.2. The van der Waals surface area contributed by atoms with E-state index in [-0.39, 0.29) is 5.91 Å². The highest BCUT2D eigenvalue weighted by atomic mass is 16.1. The summed E-state index contributed by atoms with van der Waals surface area (Å²) in [5.41, 5.74) is 2.70. The molecule has 1 aromatic heterocycles. The SMILES string of the molecule is Cc1ccnc(-c2ccc(NC(=O)CCC3CCNC3)cc2)n1. The minimum absolute atomic E-state index is 0.0801. The van der Waals surface area contributed by atoms with Crippen LogP contribution in [0, 0.1) is 12.8 Å². The molecule has 1 atom stereocenters. The Hall–Kier alpha value is -2.27. The van der Waals surface area contributed by atoms with E-state index in [0.717, 1.165) is 36.5 Å². The Balaban J connectivity index is 1.55. The Bertz CT molecular complexity index is 663. The molecule has 1 amide bonds. The molecular weight excluding hydrogens is 288 g/mol. The van der Waals surface area contributed by atoms with Crippen LogP contribution in [0.1, 0.15) is 25.0 Å². The van der Waals surface area contributed by atoms with Crippen molar-refractivity contribution in [1.29, 1.82) is 0 Å². The molecule has 0 bridgehead atoms. The molecule has 23 heavy (non-hydrogen) atoms. The molecule has 1 fully saturated rings. The van der Waals surface area contributed by atoms with Crippen molar-refractivity contribution in [3.8, 4) is 11.4 Å². The zero-order valence-corrected chi connectivity index (χ0v) is 13.4. The summed E-state index contributed by atoms with van der Waals surface area (Å²) in [4.78, 5) is 20.7. The van der Waals surface area contributed by atoms with Gasteiger partial charge in [0.25, 0.3) is 0 Å². The number of aryl methyl sites for hydroxylation is 1. The van der Waals surface area contributed by atoms with Crippen LogP contribution in [-0.4, -0.2) is 29.0 Å². The maximum Gasteiger partial charge on any atom is 0.224 e. The van der Waals surface area contributed by atoms with Gasteiger partial charge in [0, 0.05) is 29.6 Å². The lowest BCUT2D eigenvalue weighted by Gasteiger charge is -2.09. The van der Waals surface area contributed by atoms with E-state index in [1.54, 1.807) is 6.20 Å². The Kier molecular flexibility index (Phi) is 4.98. The summed E-state index contributed by atoms with van der Waals surface area (Å²) in [5, 5.41) is 6.28. The molecule has 0 spiro atoms. The summed E-state index contributed by atoms with van der Waals surface area (Å²) in [6.45, 7) is 4.06. The molecular formula is C18H22N4O. The molecule has 1 saturated heterocycles. The third kappa shape index (κ3) is 4.36. The molecule has 1 aromatic carbocycles. The lowest BCUT2D eigenvalue weighted by Crippen LogP contribution is -2.14. The van der Waals surface area contributed by atoms with Crippen molar-refractivity contribution in [1.82, 2.24) is 15.3 Å². The fourth-order valence-electron chi connectivity index (χ4n) is 2.81. The van der Waals surface area contributed by atoms with Crippen LogP contribution in [-0.2, 0) is 4.79 Å². The van der Waals surface area contributed by atoms with Crippen molar-refractivity contribution < 1.29 is 4.79 Å². The maximum atomic E-state index is 12.0. The third-order valence-corrected chi connectivity index (χ3v) is 4.16. The quantitative estimate of drug-likeness (QED) is 0.891. The molecule has 0 saturated carbocycles. The Morgan fingerprint density at radius 1 is 1.30 bits per heavy atom. The largest absolute Gasteiger partial charge is 0.326 e. The molecule has 1 unspecified atom stereocenters. The Labute approximate surface area is 136 Å². The fourth-order valence-corrected chi connectivity index (χ4v) is 2.81. The lowest BCUT2D eigenvalue weighted by molar-refractivity contribution is -0.116. The number of aromatic nitrogens is 2. The number of nitrogens with zero attached hydrogens (tertiary/aromatic N) is 2. The van der Waals surface area contributed by atoms with Gasteiger partial charge in [0.05, 0.1) is 0 Å². The number of carbonyl (C=O) groups is 1. The minimum atomic E-state index is 0.0801. The maximum absolute atomic E-state index is 12.0. The van der Waals surface area contributed by atoms with E-state index in [4.69, 9.17) is 0 Å². The van der Waals surface area contributed by atoms with Gasteiger partial charge in [-0.2, -0.15) is 0 Å². The fraction of sp³-hybridized carbons (Fsp3) is 0.389. The number of rotatable bonds is 5. The molecule has 2 heterocycles. The van der Waals surface area contributed by atoms with E-state index in [0.29, 0.717) is 18.2 Å². The van der Waals surface area contributed by atoms with E-state index < -0.39 is 0 Å². The first-order valence-corrected chi connectivity index (χ1v) is 8.11. The van der Waals surface area contributed by atoms with Gasteiger partial charge in [-0.05, 0) is 69.1 Å². The van der Waals surface area contributed by atoms with E-state index in [2.05, 4.69) is 20.6 Å². The first kappa shape index (κ1) is 15.6. The van der Waals surface area contributed by atoms with Gasteiger partial charge in [0.2, 0.25) is 5.91 Å². The van der Waals surface area contributed by atoms with Crippen LogP contribution in [0.25, 0.3) is 11.4 Å². The standard InChI is InChI=1S/C18H22N4O/c1-13-8-11-20-18(21-13)15-3-5-16(6-4-15)22-17(23)7-2-14-9-10-19-12-14/h3-6,8,11,14,19H,2,7,9-10,12H2,1H3,(H,22,23). The molecule has 0 radical (unpaired) electrons. The number of amides is 1. The number of hydrogen-bond acceptors (Lipinski definition) is 4. The first-order chi connectivity index (χ1) is 11.2. The van der Waals surface area contributed by atoms with E-state index in [9.17, 15) is 4.79 Å². The first-order valence-electron chi connectivity index (χ1n) is 8.11. The highest BCUT2D eigenvalue weighted by molar-refractivity contribution is 5.90. The van der Waals surface area contributed by atoms with Crippen LogP contribution in [0.4, 0.5) is 5.69 Å². The van der Waals surface area contributed by atoms with Gasteiger partial charge in [0.15, 0.2) is 5.82 Å². The third-order valence-electron chi connectivity index (χ3n) is 4.16. The predicted molar refractivity (Wildman–Crippen MR) is 91.0 cm³/mol. The van der Waals surface area contributed by atoms with Crippen molar-refractivity contribution in [3.05, 3.63) is 42.2 Å². The van der Waals surface area contributed by atoms with Crippen LogP contribution in [0.3, 0.4) is 0 Å². The van der Waals surface area contributed by atoms with Gasteiger partial charge in [-0.1, -0.05) is 0 Å². The molecule has 1 aliphatic heterocycles. The van der Waals surface area contributed by atoms with Crippen molar-refractivity contribution >= 4 is 11.6 Å². The van der Waals surface area contributed by atoms with E-state index in [1.807, 2.05) is 37.3 Å². The van der Waals surface area contributed by atoms with Crippen molar-refractivity contribution in [3.63, 3.8) is 0 Å². The minimum Gasteiger partial charge on any atom is -0.326 e. The van der Waals surface area contributed by atoms with Crippen LogP contribution in [0.5, 0.6) is 0 Å². The zero-order valence-electron chi connectivity index (χ0n) is 13.4. The summed E-state index contributed by atoms with van der Waals surface area (Å²) >= 11 is 0. The summed E-state index contributed by atoms with van der Waals surface area (Å²) < 4.78 is 0. The molecule has 120 valence electrons. The highest BCUT2D eigenvalue weighted by Gasteiger charge is 2.15. The van der Waals surface area contributed by atoms with E-state index >= 15 is 0 Å². The zero-order chi connectivity index (χ0) is 16.1. The van der Waals surface area contributed by atoms with Crippen molar-refractivity contribution in [2.24, 2.45) is 5.92 Å². The number of hydrogen-bond donors (Lipinski definition) is 2. The van der Waals surface area contributed by atoms with Gasteiger partial charge in [-0.25, -0.2) is 9.97 Å². The van der Waals surface area contributed by atoms with Gasteiger partial charge in [0.1, 0.15) is 0 Å². The van der Waals surface area contributed by atoms with Crippen LogP contribution in [0.15, 0.2) is 36.5 Å². The summed E-state index contributed by atoms with van der Waals surface area (Å²) in [5.74, 6) is 1.43. The average molecular weight is 310 g/mol. The van der Waals surface area contributed by atoms with Crippen LogP contribution < -0.4 is 10.6 Å². The lowest BCUT2D eigenvalue weighted by atomic mass is 10.0. The summed E-state index contributed by atoms with van der Waals surface area (Å²) in [6, 6.07) is 9.54. The molecule has 2 aromatic rings. The van der Waals surface area contributed by atoms with Crippen LogP contribution >= 0.6 is 0 Å². The van der Waals surface area contributed by atoms with Crippen molar-refractivity contribution in [2.75, 3.05) is 18.4 Å². The van der Waals surface area contributed by atoms with Gasteiger partial charge >= 0.3 is 0 Å². The second-order valence-corrected chi connectivity index (χ2v) is 6.04. The average Bonchev–Trinajstić information content (AvgIpc) is 3.07. The summed E-state index contributed by atoms with van der Waals surface area (Å²) in [6.07, 6.45) is 4.47. The molecule has 5 nitrogen and oxygen atoms in total. The number of anilines is 1. The summed E-state index contributed by atoms with van der Waals surface area (Å²) in [7, 11) is 0. The molecule has 3 rings (SSSR count). The topological polar surface area (TPSA) is 66.9 Å². The smallest absolute Gasteiger partial charge is 0.224 e. The van der Waals surface area contributed by atoms with Crippen molar-refractivity contribution in [2.45, 2.75) is 26.2 Å². The number of nitrogens with one attached hydrogen (secondary N) is 2. The molecule has 2 N–H and O–H groups in total.